The third kappa shape index (κ3) is 8.02. The Labute approximate surface area is 279 Å². The Balaban J connectivity index is 1.32. The Kier molecular flexibility index (Phi) is 11.1. The number of esters is 2. The number of ether oxygens (including phenoxy) is 6. The standard InChI is InChI=1S/C36H34BNO10/c1-43-28-14-8-25(9-15-28)36(24-6-4-3-5-7-24,26-10-16-29(44-2)17-11-26)45-23-32-31(22-33(37)47-32)48-35(40)21-20-34(39)46-30-18-12-27(13-19-30)38(41)42/h3-19,31-33H,20-23H2,1-2H3. The van der Waals surface area contributed by atoms with Crippen molar-refractivity contribution in [2.45, 2.75) is 43.1 Å². The van der Waals surface area contributed by atoms with Crippen molar-refractivity contribution in [1.29, 1.82) is 0 Å². The molecule has 0 aliphatic carbocycles. The lowest BCUT2D eigenvalue weighted by molar-refractivity contribution is -0.384. The molecule has 5 rings (SSSR count). The normalized spacial score (nSPS) is 17.3. The Morgan fingerprint density at radius 1 is 0.792 bits per heavy atom. The van der Waals surface area contributed by atoms with Gasteiger partial charge in [-0.1, -0.05) is 54.6 Å². The second kappa shape index (κ2) is 15.6. The van der Waals surface area contributed by atoms with Crippen LogP contribution in [0.2, 0.25) is 0 Å². The van der Waals surface area contributed by atoms with Crippen LogP contribution in [-0.4, -0.2) is 63.7 Å². The molecule has 1 fully saturated rings. The van der Waals surface area contributed by atoms with Gasteiger partial charge in [-0.15, -0.1) is 0 Å². The van der Waals surface area contributed by atoms with Gasteiger partial charge in [0.2, 0.25) is 0 Å². The van der Waals surface area contributed by atoms with Crippen LogP contribution in [0.3, 0.4) is 0 Å². The predicted octanol–water partition coefficient (Wildman–Crippen LogP) is 5.50. The number of hydrogen-bond acceptors (Lipinski definition) is 10. The van der Waals surface area contributed by atoms with Gasteiger partial charge < -0.3 is 28.4 Å². The van der Waals surface area contributed by atoms with E-state index in [1.807, 2.05) is 78.9 Å². The number of nitro benzene ring substituents is 1. The van der Waals surface area contributed by atoms with E-state index in [1.54, 1.807) is 14.2 Å². The largest absolute Gasteiger partial charge is 0.497 e. The molecule has 0 aromatic heterocycles. The van der Waals surface area contributed by atoms with Crippen molar-refractivity contribution in [3.05, 3.63) is 130 Å². The zero-order chi connectivity index (χ0) is 34.1. The predicted molar refractivity (Wildman–Crippen MR) is 175 cm³/mol. The van der Waals surface area contributed by atoms with Gasteiger partial charge in [0.05, 0.1) is 38.6 Å². The number of carbonyl (C=O) groups is 2. The molecule has 0 saturated carbocycles. The minimum Gasteiger partial charge on any atom is -0.497 e. The van der Waals surface area contributed by atoms with Gasteiger partial charge in [0.15, 0.2) is 0 Å². The van der Waals surface area contributed by atoms with Crippen molar-refractivity contribution in [3.63, 3.8) is 0 Å². The first-order valence-corrected chi connectivity index (χ1v) is 15.3. The van der Waals surface area contributed by atoms with E-state index in [0.717, 1.165) is 16.7 Å². The molecule has 4 aromatic rings. The molecular weight excluding hydrogens is 617 g/mol. The molecule has 0 spiro atoms. The molecule has 3 atom stereocenters. The van der Waals surface area contributed by atoms with Crippen LogP contribution < -0.4 is 14.2 Å². The highest BCUT2D eigenvalue weighted by Crippen LogP contribution is 2.42. The molecule has 1 saturated heterocycles. The molecule has 11 nitrogen and oxygen atoms in total. The summed E-state index contributed by atoms with van der Waals surface area (Å²) in [6.45, 7) is 0.000779. The van der Waals surface area contributed by atoms with Crippen LogP contribution in [0.5, 0.6) is 17.2 Å². The zero-order valence-electron chi connectivity index (χ0n) is 26.5. The fraction of sp³-hybridized carbons (Fsp3) is 0.278. The zero-order valence-corrected chi connectivity index (χ0v) is 26.5. The van der Waals surface area contributed by atoms with E-state index in [4.69, 9.17) is 36.3 Å². The average molecular weight is 651 g/mol. The van der Waals surface area contributed by atoms with E-state index < -0.39 is 40.7 Å². The van der Waals surface area contributed by atoms with Crippen LogP contribution in [0.4, 0.5) is 5.69 Å². The number of benzene rings is 4. The molecule has 12 heteroatoms. The van der Waals surface area contributed by atoms with Crippen LogP contribution >= 0.6 is 0 Å². The summed E-state index contributed by atoms with van der Waals surface area (Å²) in [4.78, 5) is 35.5. The summed E-state index contributed by atoms with van der Waals surface area (Å²) in [7, 11) is 9.35. The third-order valence-electron chi connectivity index (χ3n) is 7.96. The maximum atomic E-state index is 12.8. The quantitative estimate of drug-likeness (QED) is 0.0430. The lowest BCUT2D eigenvalue weighted by Gasteiger charge is -2.37. The van der Waals surface area contributed by atoms with E-state index in [2.05, 4.69) is 0 Å². The van der Waals surface area contributed by atoms with Gasteiger partial charge in [0.25, 0.3) is 5.69 Å². The smallest absolute Gasteiger partial charge is 0.311 e. The van der Waals surface area contributed by atoms with Crippen molar-refractivity contribution >= 4 is 25.5 Å². The fourth-order valence-electron chi connectivity index (χ4n) is 5.55. The summed E-state index contributed by atoms with van der Waals surface area (Å²) < 4.78 is 34.6. The van der Waals surface area contributed by atoms with Gasteiger partial charge in [-0.3, -0.25) is 19.7 Å². The number of hydrogen-bond donors (Lipinski definition) is 0. The summed E-state index contributed by atoms with van der Waals surface area (Å²) >= 11 is 0. The van der Waals surface area contributed by atoms with Gasteiger partial charge >= 0.3 is 11.9 Å². The van der Waals surface area contributed by atoms with E-state index in [-0.39, 0.29) is 37.3 Å². The molecule has 0 N–H and O–H groups in total. The minimum atomic E-state index is -1.12. The molecule has 0 bridgehead atoms. The van der Waals surface area contributed by atoms with E-state index in [9.17, 15) is 19.7 Å². The summed E-state index contributed by atoms with van der Waals surface area (Å²) in [5.41, 5.74) is 1.24. The van der Waals surface area contributed by atoms with Gasteiger partial charge in [0, 0.05) is 24.6 Å². The number of nitrogens with zero attached hydrogens (tertiary/aromatic N) is 1. The summed E-state index contributed by atoms with van der Waals surface area (Å²) in [6, 6.07) is 29.3. The van der Waals surface area contributed by atoms with Crippen LogP contribution in [0.1, 0.15) is 36.0 Å². The Bertz CT molecular complexity index is 1630. The van der Waals surface area contributed by atoms with Gasteiger partial charge in [0.1, 0.15) is 42.9 Å². The third-order valence-corrected chi connectivity index (χ3v) is 7.96. The molecule has 2 radical (unpaired) electrons. The molecule has 48 heavy (non-hydrogen) atoms. The Morgan fingerprint density at radius 3 is 1.85 bits per heavy atom. The summed E-state index contributed by atoms with van der Waals surface area (Å²) in [5, 5.41) is 10.8. The minimum absolute atomic E-state index is 0.000779. The van der Waals surface area contributed by atoms with E-state index >= 15 is 0 Å². The summed E-state index contributed by atoms with van der Waals surface area (Å²) in [5.74, 6) is 0.171. The monoisotopic (exact) mass is 651 g/mol. The van der Waals surface area contributed by atoms with Gasteiger partial charge in [-0.05, 0) is 53.1 Å². The molecular formula is C36H34BNO10. The highest BCUT2D eigenvalue weighted by molar-refractivity contribution is 6.11. The topological polar surface area (TPSA) is 133 Å². The lowest BCUT2D eigenvalue weighted by atomic mass is 9.80. The SMILES string of the molecule is [B]C1CC(OC(=O)CCC(=O)Oc2ccc([N+](=O)[O-])cc2)C(COC(c2ccccc2)(c2ccc(OC)cc2)c2ccc(OC)cc2)O1. The first-order valence-electron chi connectivity index (χ1n) is 15.3. The van der Waals surface area contributed by atoms with Crippen LogP contribution in [0.15, 0.2) is 103 Å². The van der Waals surface area contributed by atoms with Crippen LogP contribution in [-0.2, 0) is 29.4 Å². The van der Waals surface area contributed by atoms with Gasteiger partial charge in [-0.2, -0.15) is 0 Å². The first-order chi connectivity index (χ1) is 23.2. The van der Waals surface area contributed by atoms with Crippen molar-refractivity contribution in [1.82, 2.24) is 0 Å². The molecule has 246 valence electrons. The number of nitro groups is 1. The maximum absolute atomic E-state index is 12.8. The molecule has 4 aromatic carbocycles. The van der Waals surface area contributed by atoms with Crippen molar-refractivity contribution in [3.8, 4) is 17.2 Å². The average Bonchev–Trinajstić information content (AvgIpc) is 3.46. The molecule has 3 unspecified atom stereocenters. The van der Waals surface area contributed by atoms with Crippen molar-refractivity contribution in [2.24, 2.45) is 0 Å². The van der Waals surface area contributed by atoms with Crippen molar-refractivity contribution < 1.29 is 42.9 Å². The van der Waals surface area contributed by atoms with E-state index in [1.165, 1.54) is 24.3 Å². The van der Waals surface area contributed by atoms with Crippen molar-refractivity contribution in [2.75, 3.05) is 20.8 Å². The number of carbonyl (C=O) groups excluding carboxylic acids is 2. The Morgan fingerprint density at radius 2 is 1.31 bits per heavy atom. The van der Waals surface area contributed by atoms with E-state index in [0.29, 0.717) is 11.5 Å². The number of rotatable bonds is 14. The first kappa shape index (κ1) is 34.1. The second-order valence-electron chi connectivity index (χ2n) is 11.0. The highest BCUT2D eigenvalue weighted by atomic mass is 16.6. The number of non-ortho nitro benzene ring substituents is 1. The fourth-order valence-corrected chi connectivity index (χ4v) is 5.55. The molecule has 0 amide bonds. The summed E-state index contributed by atoms with van der Waals surface area (Å²) in [6.07, 6.45) is -1.73. The molecule has 1 heterocycles. The highest BCUT2D eigenvalue weighted by Gasteiger charge is 2.42. The number of methoxy groups -OCH3 is 2. The molecule has 1 aliphatic heterocycles. The second-order valence-corrected chi connectivity index (χ2v) is 11.0. The van der Waals surface area contributed by atoms with Crippen LogP contribution in [0, 0.1) is 10.1 Å². The Hall–Kier alpha value is -5.20. The van der Waals surface area contributed by atoms with Gasteiger partial charge in [-0.25, -0.2) is 0 Å². The molecule has 1 aliphatic rings. The lowest BCUT2D eigenvalue weighted by Crippen LogP contribution is -2.39. The van der Waals surface area contributed by atoms with Crippen LogP contribution in [0.25, 0.3) is 0 Å². The maximum Gasteiger partial charge on any atom is 0.311 e.